The Kier molecular flexibility index (Phi) is 3.93. The van der Waals surface area contributed by atoms with Crippen molar-refractivity contribution in [3.63, 3.8) is 0 Å². The summed E-state index contributed by atoms with van der Waals surface area (Å²) in [6.45, 7) is 0. The van der Waals surface area contributed by atoms with Crippen molar-refractivity contribution in [1.82, 2.24) is 10.2 Å². The number of hydrogen-bond donors (Lipinski definition) is 2. The molecule has 17 heavy (non-hydrogen) atoms. The van der Waals surface area contributed by atoms with E-state index >= 15 is 0 Å². The third kappa shape index (κ3) is 3.17. The third-order valence-corrected chi connectivity index (χ3v) is 2.95. The molecule has 1 atom stereocenters. The molecule has 0 spiro atoms. The number of halogens is 1. The second kappa shape index (κ2) is 5.63. The molecule has 0 radical (unpaired) electrons. The molecule has 0 saturated heterocycles. The molecule has 2 N–H and O–H groups in total. The van der Waals surface area contributed by atoms with Crippen LogP contribution >= 0.6 is 11.6 Å². The molecular weight excluding hydrogens is 240 g/mol. The predicted octanol–water partition coefficient (Wildman–Crippen LogP) is 2.18. The smallest absolute Gasteiger partial charge is 0.275 e. The highest BCUT2D eigenvalue weighted by atomic mass is 35.5. The SMILES string of the molecule is O=c1[nH]ncc(N/N=C\[C@@H]2CC=CCC2)c1Cl. The summed E-state index contributed by atoms with van der Waals surface area (Å²) in [5.41, 5.74) is 2.72. The van der Waals surface area contributed by atoms with Gasteiger partial charge in [-0.2, -0.15) is 10.2 Å². The van der Waals surface area contributed by atoms with E-state index in [1.54, 1.807) is 0 Å². The van der Waals surface area contributed by atoms with Crippen molar-refractivity contribution in [2.75, 3.05) is 5.43 Å². The summed E-state index contributed by atoms with van der Waals surface area (Å²) in [6.07, 6.45) is 10.8. The van der Waals surface area contributed by atoms with E-state index < -0.39 is 5.56 Å². The van der Waals surface area contributed by atoms with Gasteiger partial charge in [-0.3, -0.25) is 10.2 Å². The summed E-state index contributed by atoms with van der Waals surface area (Å²) < 4.78 is 0. The summed E-state index contributed by atoms with van der Waals surface area (Å²) in [6, 6.07) is 0. The lowest BCUT2D eigenvalue weighted by atomic mass is 9.96. The molecule has 2 rings (SSSR count). The molecule has 1 aromatic heterocycles. The van der Waals surface area contributed by atoms with Crippen LogP contribution in [0.5, 0.6) is 0 Å². The van der Waals surface area contributed by atoms with Crippen LogP contribution < -0.4 is 11.0 Å². The Labute approximate surface area is 104 Å². The Morgan fingerprint density at radius 3 is 3.24 bits per heavy atom. The first-order chi connectivity index (χ1) is 8.27. The lowest BCUT2D eigenvalue weighted by Crippen LogP contribution is -2.10. The van der Waals surface area contributed by atoms with Crippen molar-refractivity contribution >= 4 is 23.5 Å². The average molecular weight is 253 g/mol. The van der Waals surface area contributed by atoms with Crippen molar-refractivity contribution < 1.29 is 0 Å². The van der Waals surface area contributed by atoms with Crippen molar-refractivity contribution in [3.05, 3.63) is 33.7 Å². The maximum Gasteiger partial charge on any atom is 0.285 e. The number of nitrogens with one attached hydrogen (secondary N) is 2. The Morgan fingerprint density at radius 1 is 1.59 bits per heavy atom. The van der Waals surface area contributed by atoms with Crippen molar-refractivity contribution in [2.45, 2.75) is 19.3 Å². The molecule has 0 aliphatic heterocycles. The normalized spacial score (nSPS) is 19.7. The maximum atomic E-state index is 11.2. The van der Waals surface area contributed by atoms with Crippen LogP contribution in [0.3, 0.4) is 0 Å². The zero-order valence-corrected chi connectivity index (χ0v) is 9.94. The van der Waals surface area contributed by atoms with Gasteiger partial charge in [0.05, 0.1) is 6.20 Å². The highest BCUT2D eigenvalue weighted by molar-refractivity contribution is 6.32. The second-order valence-corrected chi connectivity index (χ2v) is 4.24. The Balaban J connectivity index is 1.97. The van der Waals surface area contributed by atoms with E-state index in [-0.39, 0.29) is 5.02 Å². The highest BCUT2D eigenvalue weighted by Crippen LogP contribution is 2.17. The fourth-order valence-corrected chi connectivity index (χ4v) is 1.76. The first kappa shape index (κ1) is 11.9. The molecule has 1 aliphatic carbocycles. The van der Waals surface area contributed by atoms with Crippen LogP contribution in [0.1, 0.15) is 19.3 Å². The van der Waals surface area contributed by atoms with E-state index in [9.17, 15) is 4.79 Å². The fourth-order valence-electron chi connectivity index (χ4n) is 1.63. The number of H-pyrrole nitrogens is 1. The summed E-state index contributed by atoms with van der Waals surface area (Å²) >= 11 is 5.78. The first-order valence-corrected chi connectivity index (χ1v) is 5.82. The number of hydrogen-bond acceptors (Lipinski definition) is 4. The van der Waals surface area contributed by atoms with Gasteiger partial charge in [-0.05, 0) is 25.2 Å². The molecule has 1 aromatic rings. The van der Waals surface area contributed by atoms with Gasteiger partial charge in [0.25, 0.3) is 5.56 Å². The fraction of sp³-hybridized carbons (Fsp3) is 0.364. The molecule has 90 valence electrons. The molecule has 0 fully saturated rings. The number of hydrazone groups is 1. The van der Waals surface area contributed by atoms with Crippen molar-refractivity contribution in [2.24, 2.45) is 11.0 Å². The molecular formula is C11H13ClN4O. The van der Waals surface area contributed by atoms with Crippen LogP contribution in [0.15, 0.2) is 28.2 Å². The predicted molar refractivity (Wildman–Crippen MR) is 68.5 cm³/mol. The van der Waals surface area contributed by atoms with E-state index in [1.165, 1.54) is 6.20 Å². The largest absolute Gasteiger partial charge is 0.285 e. The Bertz CT molecular complexity index is 494. The van der Waals surface area contributed by atoms with Crippen LogP contribution in [0.4, 0.5) is 5.69 Å². The van der Waals surface area contributed by atoms with Crippen LogP contribution in [0.25, 0.3) is 0 Å². The van der Waals surface area contributed by atoms with E-state index in [2.05, 4.69) is 32.9 Å². The molecule has 0 unspecified atom stereocenters. The lowest BCUT2D eigenvalue weighted by molar-refractivity contribution is 0.627. The number of allylic oxidation sites excluding steroid dienone is 2. The maximum absolute atomic E-state index is 11.2. The van der Waals surface area contributed by atoms with Crippen LogP contribution in [-0.4, -0.2) is 16.4 Å². The van der Waals surface area contributed by atoms with Gasteiger partial charge in [0.15, 0.2) is 0 Å². The molecule has 5 nitrogen and oxygen atoms in total. The van der Waals surface area contributed by atoms with Gasteiger partial charge in [-0.25, -0.2) is 5.10 Å². The molecule has 1 heterocycles. The number of aromatic nitrogens is 2. The zero-order valence-electron chi connectivity index (χ0n) is 9.19. The van der Waals surface area contributed by atoms with Gasteiger partial charge in [-0.1, -0.05) is 23.8 Å². The number of anilines is 1. The lowest BCUT2D eigenvalue weighted by Gasteiger charge is -2.11. The molecule has 0 amide bonds. The van der Waals surface area contributed by atoms with E-state index in [0.29, 0.717) is 11.6 Å². The minimum Gasteiger partial charge on any atom is -0.275 e. The van der Waals surface area contributed by atoms with Gasteiger partial charge in [0.1, 0.15) is 10.7 Å². The number of rotatable bonds is 3. The van der Waals surface area contributed by atoms with Gasteiger partial charge in [0, 0.05) is 6.21 Å². The highest BCUT2D eigenvalue weighted by Gasteiger charge is 2.07. The minimum atomic E-state index is -0.424. The summed E-state index contributed by atoms with van der Waals surface area (Å²) in [5, 5.41) is 10.0. The minimum absolute atomic E-state index is 0.0701. The van der Waals surface area contributed by atoms with Gasteiger partial charge >= 0.3 is 0 Å². The number of nitrogens with zero attached hydrogens (tertiary/aromatic N) is 2. The second-order valence-electron chi connectivity index (χ2n) is 3.86. The third-order valence-electron chi connectivity index (χ3n) is 2.58. The summed E-state index contributed by atoms with van der Waals surface area (Å²) in [4.78, 5) is 11.2. The first-order valence-electron chi connectivity index (χ1n) is 5.45. The standard InChI is InChI=1S/C11H13ClN4O/c12-10-9(7-14-16-11(10)17)15-13-6-8-4-2-1-3-5-8/h1-2,6-8H,3-5H2,(H2,15,16,17)/b13-6-/t8-/m1/s1. The van der Waals surface area contributed by atoms with Gasteiger partial charge in [0.2, 0.25) is 0 Å². The van der Waals surface area contributed by atoms with Crippen molar-refractivity contribution in [1.29, 1.82) is 0 Å². The van der Waals surface area contributed by atoms with Gasteiger partial charge < -0.3 is 0 Å². The topological polar surface area (TPSA) is 70.1 Å². The van der Waals surface area contributed by atoms with Gasteiger partial charge in [-0.15, -0.1) is 0 Å². The molecule has 0 bridgehead atoms. The van der Waals surface area contributed by atoms with Crippen LogP contribution in [0, 0.1) is 5.92 Å². The van der Waals surface area contributed by atoms with E-state index in [4.69, 9.17) is 11.6 Å². The summed E-state index contributed by atoms with van der Waals surface area (Å²) in [5.74, 6) is 0.446. The van der Waals surface area contributed by atoms with E-state index in [0.717, 1.165) is 19.3 Å². The number of aromatic amines is 1. The van der Waals surface area contributed by atoms with Crippen molar-refractivity contribution in [3.8, 4) is 0 Å². The van der Waals surface area contributed by atoms with E-state index in [1.807, 2.05) is 6.21 Å². The Morgan fingerprint density at radius 2 is 2.47 bits per heavy atom. The summed E-state index contributed by atoms with van der Waals surface area (Å²) in [7, 11) is 0. The monoisotopic (exact) mass is 252 g/mol. The zero-order chi connectivity index (χ0) is 12.1. The Hall–Kier alpha value is -1.62. The molecule has 0 aromatic carbocycles. The molecule has 6 heteroatoms. The average Bonchev–Trinajstić information content (AvgIpc) is 2.36. The molecule has 1 aliphatic rings. The quantitative estimate of drug-likeness (QED) is 0.492. The molecule has 0 saturated carbocycles. The van der Waals surface area contributed by atoms with Crippen LogP contribution in [-0.2, 0) is 0 Å². The van der Waals surface area contributed by atoms with Crippen LogP contribution in [0.2, 0.25) is 5.02 Å².